The van der Waals surface area contributed by atoms with Crippen molar-refractivity contribution in [3.63, 3.8) is 0 Å². The van der Waals surface area contributed by atoms with Crippen LogP contribution in [0.15, 0.2) is 30.3 Å². The van der Waals surface area contributed by atoms with Crippen LogP contribution < -0.4 is 5.32 Å². The Morgan fingerprint density at radius 2 is 1.91 bits per heavy atom. The molecule has 0 bridgehead atoms. The summed E-state index contributed by atoms with van der Waals surface area (Å²) in [5.41, 5.74) is 3.42. The fourth-order valence-electron chi connectivity index (χ4n) is 3.07. The molecular formula is C17H19N3O3. The normalized spacial score (nSPS) is 16.4. The predicted octanol–water partition coefficient (Wildman–Crippen LogP) is 3.01. The van der Waals surface area contributed by atoms with Gasteiger partial charge in [-0.1, -0.05) is 13.8 Å². The van der Waals surface area contributed by atoms with E-state index >= 15 is 0 Å². The first-order valence-electron chi connectivity index (χ1n) is 7.53. The summed E-state index contributed by atoms with van der Waals surface area (Å²) < 4.78 is 2.02. The molecule has 0 atom stereocenters. The maximum absolute atomic E-state index is 12.3. The Kier molecular flexibility index (Phi) is 3.47. The fourth-order valence-corrected chi connectivity index (χ4v) is 3.07. The number of rotatable bonds is 2. The molecule has 0 unspecified atom stereocenters. The van der Waals surface area contributed by atoms with E-state index in [1.165, 1.54) is 12.1 Å². The lowest BCUT2D eigenvalue weighted by Gasteiger charge is -2.23. The number of nitrogens with zero attached hydrogens (tertiary/aromatic N) is 2. The number of carbonyl (C=O) groups is 1. The van der Waals surface area contributed by atoms with E-state index in [0.717, 1.165) is 23.5 Å². The van der Waals surface area contributed by atoms with Crippen LogP contribution in [-0.2, 0) is 6.42 Å². The zero-order valence-electron chi connectivity index (χ0n) is 13.4. The number of amides is 1. The summed E-state index contributed by atoms with van der Waals surface area (Å²) in [6.07, 6.45) is 0.756. The van der Waals surface area contributed by atoms with E-state index in [0.29, 0.717) is 12.1 Å². The number of nitro groups is 1. The standard InChI is InChI=1S/C17H19N3O3/c1-11-8-14-15(9-17(2,3)10-18-16(14)21)19(11)12-4-6-13(7-5-12)20(22)23/h4-8H,9-10H2,1-3H3,(H,18,21). The van der Waals surface area contributed by atoms with Crippen LogP contribution in [0.1, 0.15) is 35.6 Å². The Labute approximate surface area is 134 Å². The Morgan fingerprint density at radius 3 is 2.52 bits per heavy atom. The van der Waals surface area contributed by atoms with Crippen LogP contribution in [0.3, 0.4) is 0 Å². The SMILES string of the molecule is Cc1cc2c(n1-c1ccc([N+](=O)[O-])cc1)CC(C)(C)CNC2=O. The third-order valence-electron chi connectivity index (χ3n) is 4.22. The maximum atomic E-state index is 12.3. The minimum atomic E-state index is -0.413. The lowest BCUT2D eigenvalue weighted by molar-refractivity contribution is -0.384. The molecule has 1 aromatic carbocycles. The van der Waals surface area contributed by atoms with Gasteiger partial charge in [-0.05, 0) is 37.0 Å². The number of fused-ring (bicyclic) bond motifs is 1. The fraction of sp³-hybridized carbons (Fsp3) is 0.353. The van der Waals surface area contributed by atoms with E-state index in [-0.39, 0.29) is 17.0 Å². The Bertz CT molecular complexity index is 788. The van der Waals surface area contributed by atoms with Crippen LogP contribution >= 0.6 is 0 Å². The molecule has 0 saturated carbocycles. The van der Waals surface area contributed by atoms with Crippen LogP contribution in [0.4, 0.5) is 5.69 Å². The van der Waals surface area contributed by atoms with Gasteiger partial charge in [0.05, 0.1) is 10.5 Å². The van der Waals surface area contributed by atoms with Gasteiger partial charge in [0.15, 0.2) is 0 Å². The zero-order chi connectivity index (χ0) is 16.8. The molecule has 0 spiro atoms. The first kappa shape index (κ1) is 15.3. The van der Waals surface area contributed by atoms with Crippen molar-refractivity contribution in [1.29, 1.82) is 0 Å². The number of nitrogens with one attached hydrogen (secondary N) is 1. The third-order valence-corrected chi connectivity index (χ3v) is 4.22. The summed E-state index contributed by atoms with van der Waals surface area (Å²) >= 11 is 0. The maximum Gasteiger partial charge on any atom is 0.269 e. The third kappa shape index (κ3) is 2.72. The van der Waals surface area contributed by atoms with Crippen molar-refractivity contribution < 1.29 is 9.72 Å². The van der Waals surface area contributed by atoms with Crippen molar-refractivity contribution in [3.8, 4) is 5.69 Å². The van der Waals surface area contributed by atoms with E-state index in [1.807, 2.05) is 17.6 Å². The molecule has 1 aliphatic rings. The lowest BCUT2D eigenvalue weighted by Crippen LogP contribution is -2.31. The number of aromatic nitrogens is 1. The summed E-state index contributed by atoms with van der Waals surface area (Å²) in [5.74, 6) is -0.0608. The quantitative estimate of drug-likeness (QED) is 0.684. The van der Waals surface area contributed by atoms with Crippen molar-refractivity contribution in [2.24, 2.45) is 5.41 Å². The topological polar surface area (TPSA) is 77.2 Å². The highest BCUT2D eigenvalue weighted by molar-refractivity contribution is 5.96. The van der Waals surface area contributed by atoms with E-state index < -0.39 is 4.92 Å². The molecule has 1 aromatic heterocycles. The Balaban J connectivity index is 2.13. The van der Waals surface area contributed by atoms with Gasteiger partial charge < -0.3 is 9.88 Å². The molecule has 120 valence electrons. The van der Waals surface area contributed by atoms with E-state index in [4.69, 9.17) is 0 Å². The van der Waals surface area contributed by atoms with E-state index in [1.54, 1.807) is 12.1 Å². The second kappa shape index (κ2) is 5.22. The molecule has 1 amide bonds. The van der Waals surface area contributed by atoms with E-state index in [9.17, 15) is 14.9 Å². The van der Waals surface area contributed by atoms with Gasteiger partial charge in [0, 0.05) is 35.8 Å². The number of non-ortho nitro benzene ring substituents is 1. The molecule has 0 saturated heterocycles. The number of aryl methyl sites for hydroxylation is 1. The predicted molar refractivity (Wildman–Crippen MR) is 87.0 cm³/mol. The Morgan fingerprint density at radius 1 is 1.26 bits per heavy atom. The molecule has 1 aliphatic heterocycles. The average molecular weight is 313 g/mol. The number of hydrogen-bond donors (Lipinski definition) is 1. The van der Waals surface area contributed by atoms with Crippen LogP contribution in [0.5, 0.6) is 0 Å². The smallest absolute Gasteiger partial charge is 0.269 e. The molecule has 6 heteroatoms. The summed E-state index contributed by atoms with van der Waals surface area (Å²) in [4.78, 5) is 22.7. The average Bonchev–Trinajstić information content (AvgIpc) is 2.75. The van der Waals surface area contributed by atoms with Gasteiger partial charge >= 0.3 is 0 Å². The van der Waals surface area contributed by atoms with Gasteiger partial charge in [-0.15, -0.1) is 0 Å². The summed E-state index contributed by atoms with van der Waals surface area (Å²) in [5, 5.41) is 13.8. The van der Waals surface area contributed by atoms with Crippen molar-refractivity contribution in [3.05, 3.63) is 57.4 Å². The first-order chi connectivity index (χ1) is 10.8. The van der Waals surface area contributed by atoms with Crippen LogP contribution in [0.25, 0.3) is 5.69 Å². The molecule has 0 radical (unpaired) electrons. The van der Waals surface area contributed by atoms with Crippen molar-refractivity contribution in [2.75, 3.05) is 6.54 Å². The van der Waals surface area contributed by atoms with Gasteiger partial charge in [0.1, 0.15) is 0 Å². The van der Waals surface area contributed by atoms with Gasteiger partial charge in [-0.2, -0.15) is 0 Å². The molecule has 0 aliphatic carbocycles. The highest BCUT2D eigenvalue weighted by Crippen LogP contribution is 2.31. The zero-order valence-corrected chi connectivity index (χ0v) is 13.4. The molecule has 1 N–H and O–H groups in total. The molecule has 0 fully saturated rings. The lowest BCUT2D eigenvalue weighted by atomic mass is 9.88. The Hall–Kier alpha value is -2.63. The van der Waals surface area contributed by atoms with Gasteiger partial charge in [0.2, 0.25) is 0 Å². The molecule has 3 rings (SSSR count). The molecule has 2 aromatic rings. The largest absolute Gasteiger partial charge is 0.351 e. The van der Waals surface area contributed by atoms with Gasteiger partial charge in [-0.25, -0.2) is 0 Å². The number of carbonyl (C=O) groups excluding carboxylic acids is 1. The molecule has 6 nitrogen and oxygen atoms in total. The first-order valence-corrected chi connectivity index (χ1v) is 7.53. The van der Waals surface area contributed by atoms with Crippen molar-refractivity contribution in [2.45, 2.75) is 27.2 Å². The second-order valence-corrected chi connectivity index (χ2v) is 6.78. The number of nitro benzene ring substituents is 1. The highest BCUT2D eigenvalue weighted by atomic mass is 16.6. The second-order valence-electron chi connectivity index (χ2n) is 6.78. The molecule has 23 heavy (non-hydrogen) atoms. The summed E-state index contributed by atoms with van der Waals surface area (Å²) in [7, 11) is 0. The summed E-state index contributed by atoms with van der Waals surface area (Å²) in [6.45, 7) is 6.80. The highest BCUT2D eigenvalue weighted by Gasteiger charge is 2.30. The number of hydrogen-bond acceptors (Lipinski definition) is 3. The van der Waals surface area contributed by atoms with Gasteiger partial charge in [0.25, 0.3) is 11.6 Å². The molecule has 2 heterocycles. The monoisotopic (exact) mass is 313 g/mol. The summed E-state index contributed by atoms with van der Waals surface area (Å²) in [6, 6.07) is 8.31. The minimum Gasteiger partial charge on any atom is -0.351 e. The van der Waals surface area contributed by atoms with Crippen LogP contribution in [0, 0.1) is 22.5 Å². The van der Waals surface area contributed by atoms with Crippen molar-refractivity contribution in [1.82, 2.24) is 9.88 Å². The van der Waals surface area contributed by atoms with Gasteiger partial charge in [-0.3, -0.25) is 14.9 Å². The number of benzene rings is 1. The van der Waals surface area contributed by atoms with Crippen molar-refractivity contribution >= 4 is 11.6 Å². The van der Waals surface area contributed by atoms with Crippen LogP contribution in [-0.4, -0.2) is 21.9 Å². The molecular weight excluding hydrogens is 294 g/mol. The van der Waals surface area contributed by atoms with E-state index in [2.05, 4.69) is 19.2 Å². The van der Waals surface area contributed by atoms with Crippen LogP contribution in [0.2, 0.25) is 0 Å². The minimum absolute atomic E-state index is 0.0514.